The fraction of sp³-hybridized carbons (Fsp3) is 0.300. The Morgan fingerprint density at radius 3 is 2.56 bits per heavy atom. The highest BCUT2D eigenvalue weighted by Crippen LogP contribution is 2.24. The summed E-state index contributed by atoms with van der Waals surface area (Å²) in [5.41, 5.74) is 1.14. The molecule has 1 heterocycles. The van der Waals surface area contributed by atoms with Crippen molar-refractivity contribution in [3.63, 3.8) is 0 Å². The molecule has 2 aromatic rings. The third-order valence-electron chi connectivity index (χ3n) is 4.23. The maximum Gasteiger partial charge on any atom is 0.338 e. The molecule has 0 radical (unpaired) electrons. The van der Waals surface area contributed by atoms with Crippen molar-refractivity contribution in [2.75, 3.05) is 6.61 Å². The third kappa shape index (κ3) is 5.37. The summed E-state index contributed by atoms with van der Waals surface area (Å²) in [7, 11) is 0. The average molecular weight is 408 g/mol. The summed E-state index contributed by atoms with van der Waals surface area (Å²) in [4.78, 5) is 26.6. The Morgan fingerprint density at radius 1 is 1.15 bits per heavy atom. The van der Waals surface area contributed by atoms with Crippen LogP contribution in [-0.4, -0.2) is 23.4 Å². The summed E-state index contributed by atoms with van der Waals surface area (Å²) in [6.45, 7) is -0.0702. The van der Waals surface area contributed by atoms with Crippen LogP contribution in [0.3, 0.4) is 0 Å². The standard InChI is InChI=1S/C20H19Cl2NO4/c21-15-9-14(10-16(22)11-15)20(25)27-13-19(24)23(12-18-7-4-8-26-18)17-5-2-1-3-6-17/h4-5,7-11H,1-3,6,12-13H2. The van der Waals surface area contributed by atoms with Gasteiger partial charge in [0, 0.05) is 15.7 Å². The van der Waals surface area contributed by atoms with E-state index in [0.29, 0.717) is 22.4 Å². The third-order valence-corrected chi connectivity index (χ3v) is 4.67. The smallest absolute Gasteiger partial charge is 0.338 e. The highest BCUT2D eigenvalue weighted by Gasteiger charge is 2.22. The first-order valence-electron chi connectivity index (χ1n) is 8.68. The van der Waals surface area contributed by atoms with Gasteiger partial charge >= 0.3 is 5.97 Å². The van der Waals surface area contributed by atoms with Crippen molar-refractivity contribution in [1.82, 2.24) is 4.90 Å². The van der Waals surface area contributed by atoms with Gasteiger partial charge in [0.05, 0.1) is 18.4 Å². The number of furan rings is 1. The predicted molar refractivity (Wildman–Crippen MR) is 103 cm³/mol. The molecule has 0 N–H and O–H groups in total. The molecule has 0 aliphatic heterocycles. The second-order valence-corrected chi connectivity index (χ2v) is 7.11. The van der Waals surface area contributed by atoms with Crippen molar-refractivity contribution in [2.45, 2.75) is 32.2 Å². The normalized spacial score (nSPS) is 13.8. The van der Waals surface area contributed by atoms with Gasteiger partial charge in [-0.1, -0.05) is 29.3 Å². The summed E-state index contributed by atoms with van der Waals surface area (Å²) in [5, 5.41) is 0.653. The number of esters is 1. The number of amides is 1. The Morgan fingerprint density at radius 2 is 1.93 bits per heavy atom. The van der Waals surface area contributed by atoms with E-state index in [1.807, 2.05) is 6.07 Å². The van der Waals surface area contributed by atoms with Gasteiger partial charge in [-0.15, -0.1) is 0 Å². The summed E-state index contributed by atoms with van der Waals surface area (Å²) >= 11 is 11.8. The van der Waals surface area contributed by atoms with Crippen molar-refractivity contribution >= 4 is 35.1 Å². The molecule has 1 aliphatic rings. The van der Waals surface area contributed by atoms with E-state index >= 15 is 0 Å². The molecule has 0 bridgehead atoms. The van der Waals surface area contributed by atoms with Gasteiger partial charge < -0.3 is 14.1 Å². The molecule has 0 unspecified atom stereocenters. The summed E-state index contributed by atoms with van der Waals surface area (Å²) in [6.07, 6.45) is 7.49. The van der Waals surface area contributed by atoms with Crippen LogP contribution in [0, 0.1) is 0 Å². The number of ether oxygens (including phenoxy) is 1. The average Bonchev–Trinajstić information content (AvgIpc) is 3.17. The lowest BCUT2D eigenvalue weighted by molar-refractivity contribution is -0.133. The molecule has 3 rings (SSSR count). The Balaban J connectivity index is 1.68. The summed E-state index contributed by atoms with van der Waals surface area (Å²) in [6, 6.07) is 8.00. The topological polar surface area (TPSA) is 59.8 Å². The highest BCUT2D eigenvalue weighted by atomic mass is 35.5. The lowest BCUT2D eigenvalue weighted by atomic mass is 10.0. The van der Waals surface area contributed by atoms with Crippen LogP contribution in [0.15, 0.2) is 52.8 Å². The number of hydrogen-bond acceptors (Lipinski definition) is 4. The van der Waals surface area contributed by atoms with Crippen LogP contribution < -0.4 is 0 Å². The van der Waals surface area contributed by atoms with Crippen LogP contribution in [0.5, 0.6) is 0 Å². The Bertz CT molecular complexity index is 825. The SMILES string of the molecule is O=C(OCC(=O)N(Cc1ccco1)C1=CCCCC1)c1cc(Cl)cc(Cl)c1. The van der Waals surface area contributed by atoms with Gasteiger partial charge in [0.15, 0.2) is 6.61 Å². The molecule has 1 aromatic carbocycles. The lowest BCUT2D eigenvalue weighted by Crippen LogP contribution is -2.34. The van der Waals surface area contributed by atoms with Gasteiger partial charge in [-0.2, -0.15) is 0 Å². The van der Waals surface area contributed by atoms with Crippen molar-refractivity contribution < 1.29 is 18.7 Å². The van der Waals surface area contributed by atoms with Crippen LogP contribution >= 0.6 is 23.2 Å². The van der Waals surface area contributed by atoms with E-state index in [0.717, 1.165) is 31.4 Å². The number of allylic oxidation sites excluding steroid dienone is 2. The van der Waals surface area contributed by atoms with Gasteiger partial charge in [0.25, 0.3) is 5.91 Å². The maximum absolute atomic E-state index is 12.8. The number of hydrogen-bond donors (Lipinski definition) is 0. The quantitative estimate of drug-likeness (QED) is 0.615. The first kappa shape index (κ1) is 19.5. The number of carbonyl (C=O) groups excluding carboxylic acids is 2. The molecule has 7 heteroatoms. The van der Waals surface area contributed by atoms with Crippen LogP contribution in [0.25, 0.3) is 0 Å². The van der Waals surface area contributed by atoms with E-state index in [4.69, 9.17) is 32.4 Å². The van der Waals surface area contributed by atoms with Crippen molar-refractivity contribution in [3.05, 3.63) is 69.7 Å². The number of benzene rings is 1. The highest BCUT2D eigenvalue weighted by molar-refractivity contribution is 6.35. The van der Waals surface area contributed by atoms with Crippen LogP contribution in [0.4, 0.5) is 0 Å². The first-order chi connectivity index (χ1) is 13.0. The van der Waals surface area contributed by atoms with E-state index in [9.17, 15) is 9.59 Å². The van der Waals surface area contributed by atoms with Gasteiger partial charge in [0.1, 0.15) is 5.76 Å². The second kappa shape index (κ2) is 9.11. The number of nitrogens with zero attached hydrogens (tertiary/aromatic N) is 1. The van der Waals surface area contributed by atoms with Crippen LogP contribution in [-0.2, 0) is 16.1 Å². The van der Waals surface area contributed by atoms with Crippen LogP contribution in [0.2, 0.25) is 10.0 Å². The van der Waals surface area contributed by atoms with Crippen molar-refractivity contribution in [3.8, 4) is 0 Å². The molecule has 1 amide bonds. The Hall–Kier alpha value is -2.24. The Kier molecular flexibility index (Phi) is 6.58. The predicted octanol–water partition coefficient (Wildman–Crippen LogP) is 5.23. The molecule has 1 aliphatic carbocycles. The second-order valence-electron chi connectivity index (χ2n) is 6.23. The van der Waals surface area contributed by atoms with E-state index in [-0.39, 0.29) is 18.1 Å². The van der Waals surface area contributed by atoms with Crippen molar-refractivity contribution in [1.29, 1.82) is 0 Å². The van der Waals surface area contributed by atoms with Crippen LogP contribution in [0.1, 0.15) is 41.8 Å². The zero-order chi connectivity index (χ0) is 19.2. The van der Waals surface area contributed by atoms with E-state index in [1.54, 1.807) is 17.2 Å². The molecule has 0 atom stereocenters. The minimum absolute atomic E-state index is 0.203. The molecular formula is C20H19Cl2NO4. The zero-order valence-corrected chi connectivity index (χ0v) is 16.1. The molecule has 0 saturated carbocycles. The van der Waals surface area contributed by atoms with Crippen molar-refractivity contribution in [2.24, 2.45) is 0 Å². The van der Waals surface area contributed by atoms with Gasteiger partial charge in [-0.25, -0.2) is 4.79 Å². The molecule has 0 saturated heterocycles. The van der Waals surface area contributed by atoms with Gasteiger partial charge in [-0.05, 0) is 56.0 Å². The largest absolute Gasteiger partial charge is 0.467 e. The maximum atomic E-state index is 12.8. The molecule has 5 nitrogen and oxygen atoms in total. The minimum atomic E-state index is -0.650. The molecule has 0 spiro atoms. The lowest BCUT2D eigenvalue weighted by Gasteiger charge is -2.26. The molecule has 142 valence electrons. The first-order valence-corrected chi connectivity index (χ1v) is 9.43. The summed E-state index contributed by atoms with van der Waals surface area (Å²) in [5.74, 6) is -0.285. The molecule has 27 heavy (non-hydrogen) atoms. The molecular weight excluding hydrogens is 389 g/mol. The van der Waals surface area contributed by atoms with E-state index in [1.165, 1.54) is 18.2 Å². The fourth-order valence-electron chi connectivity index (χ4n) is 2.93. The number of halogens is 2. The summed E-state index contributed by atoms with van der Waals surface area (Å²) < 4.78 is 10.6. The van der Waals surface area contributed by atoms with Gasteiger partial charge in [-0.3, -0.25) is 4.79 Å². The fourth-order valence-corrected chi connectivity index (χ4v) is 3.46. The monoisotopic (exact) mass is 407 g/mol. The number of carbonyl (C=O) groups is 2. The van der Waals surface area contributed by atoms with E-state index < -0.39 is 5.97 Å². The van der Waals surface area contributed by atoms with Gasteiger partial charge in [0.2, 0.25) is 0 Å². The molecule has 1 aromatic heterocycles. The molecule has 0 fully saturated rings. The number of rotatable bonds is 6. The van der Waals surface area contributed by atoms with E-state index in [2.05, 4.69) is 6.08 Å². The zero-order valence-electron chi connectivity index (χ0n) is 14.6. The minimum Gasteiger partial charge on any atom is -0.467 e. The Labute approximate surface area is 167 Å².